The lowest BCUT2D eigenvalue weighted by Crippen LogP contribution is -2.24. The molecule has 1 aliphatic heterocycles. The van der Waals surface area contributed by atoms with Crippen LogP contribution in [0.4, 0.5) is 0 Å². The first-order chi connectivity index (χ1) is 9.57. The van der Waals surface area contributed by atoms with Gasteiger partial charge in [0.15, 0.2) is 11.5 Å². The highest BCUT2D eigenvalue weighted by Crippen LogP contribution is 2.42. The minimum atomic E-state index is -0.239. The van der Waals surface area contributed by atoms with E-state index >= 15 is 0 Å². The summed E-state index contributed by atoms with van der Waals surface area (Å²) in [6.07, 6.45) is 2.33. The lowest BCUT2D eigenvalue weighted by molar-refractivity contribution is 0.134. The molecule has 1 aromatic heterocycles. The fraction of sp³-hybridized carbons (Fsp3) is 0.267. The Hall–Kier alpha value is -2.61. The molecule has 1 aromatic carbocycles. The van der Waals surface area contributed by atoms with E-state index in [2.05, 4.69) is 9.97 Å². The lowest BCUT2D eigenvalue weighted by Gasteiger charge is -2.17. The van der Waals surface area contributed by atoms with E-state index in [1.165, 1.54) is 12.3 Å². The largest absolute Gasteiger partial charge is 0.483 e. The van der Waals surface area contributed by atoms with Gasteiger partial charge in [0.05, 0.1) is 0 Å². The number of hydrogen-bond donors (Lipinski definition) is 0. The zero-order chi connectivity index (χ0) is 14.2. The third-order valence-electron chi connectivity index (χ3n) is 3.00. The predicted molar refractivity (Wildman–Crippen MR) is 71.7 cm³/mol. The maximum Gasteiger partial charge on any atom is 0.323 e. The third kappa shape index (κ3) is 2.28. The number of benzene rings is 1. The van der Waals surface area contributed by atoms with Crippen molar-refractivity contribution in [2.75, 3.05) is 0 Å². The summed E-state index contributed by atoms with van der Waals surface area (Å²) in [5, 5.41) is 8.83. The maximum absolute atomic E-state index is 8.83. The van der Waals surface area contributed by atoms with Gasteiger partial charge in [-0.05, 0) is 26.0 Å². The molecule has 100 valence electrons. The predicted octanol–water partition coefficient (Wildman–Crippen LogP) is 2.85. The minimum Gasteiger partial charge on any atom is -0.483 e. The van der Waals surface area contributed by atoms with Crippen LogP contribution in [0.5, 0.6) is 17.5 Å². The van der Waals surface area contributed by atoms with Gasteiger partial charge in [0.1, 0.15) is 17.4 Å². The molecule has 0 unspecified atom stereocenters. The Bertz CT molecular complexity index is 705. The Morgan fingerprint density at radius 1 is 1.35 bits per heavy atom. The molecule has 0 amide bonds. The molecular formula is C15H13N3O2. The number of nitriles is 1. The first-order valence-corrected chi connectivity index (χ1v) is 6.29. The fourth-order valence-corrected chi connectivity index (χ4v) is 2.22. The van der Waals surface area contributed by atoms with E-state index in [4.69, 9.17) is 14.7 Å². The van der Waals surface area contributed by atoms with E-state index in [0.29, 0.717) is 5.75 Å². The van der Waals surface area contributed by atoms with Crippen LogP contribution in [0, 0.1) is 11.3 Å². The molecule has 3 rings (SSSR count). The summed E-state index contributed by atoms with van der Waals surface area (Å²) in [6.45, 7) is 4.06. The Morgan fingerprint density at radius 3 is 3.00 bits per heavy atom. The number of ether oxygens (including phenoxy) is 2. The van der Waals surface area contributed by atoms with E-state index in [1.807, 2.05) is 38.1 Å². The van der Waals surface area contributed by atoms with Crippen molar-refractivity contribution in [1.29, 1.82) is 5.26 Å². The van der Waals surface area contributed by atoms with Gasteiger partial charge in [0.25, 0.3) is 0 Å². The summed E-state index contributed by atoms with van der Waals surface area (Å²) >= 11 is 0. The molecule has 20 heavy (non-hydrogen) atoms. The highest BCUT2D eigenvalue weighted by Gasteiger charge is 2.32. The Balaban J connectivity index is 1.94. The summed E-state index contributed by atoms with van der Waals surface area (Å²) in [5.74, 6) is 1.30. The Morgan fingerprint density at radius 2 is 2.20 bits per heavy atom. The van der Waals surface area contributed by atoms with Gasteiger partial charge in [-0.25, -0.2) is 4.98 Å². The van der Waals surface area contributed by atoms with Crippen LogP contribution in [0.1, 0.15) is 25.1 Å². The number of hydrogen-bond acceptors (Lipinski definition) is 5. The molecule has 0 bridgehead atoms. The molecule has 5 nitrogen and oxygen atoms in total. The minimum absolute atomic E-state index is 0.144. The zero-order valence-corrected chi connectivity index (χ0v) is 11.3. The molecule has 2 aromatic rings. The standard InChI is InChI=1S/C15H13N3O2/c1-15(2)8-10-4-3-5-12(13(10)20-15)19-14-17-7-6-11(9-16)18-14/h3-7H,8H2,1-2H3. The molecule has 2 heterocycles. The van der Waals surface area contributed by atoms with Crippen molar-refractivity contribution in [3.63, 3.8) is 0 Å². The van der Waals surface area contributed by atoms with Crippen LogP contribution in [0.3, 0.4) is 0 Å². The summed E-state index contributed by atoms with van der Waals surface area (Å²) in [5.41, 5.74) is 1.13. The highest BCUT2D eigenvalue weighted by molar-refractivity contribution is 5.51. The average Bonchev–Trinajstić information content (AvgIpc) is 2.74. The number of nitrogens with zero attached hydrogens (tertiary/aromatic N) is 3. The van der Waals surface area contributed by atoms with E-state index in [-0.39, 0.29) is 17.3 Å². The molecule has 0 fully saturated rings. The molecule has 0 spiro atoms. The SMILES string of the molecule is CC1(C)Cc2cccc(Oc3nccc(C#N)n3)c2O1. The van der Waals surface area contributed by atoms with Gasteiger partial charge in [0, 0.05) is 18.2 Å². The van der Waals surface area contributed by atoms with Crippen molar-refractivity contribution in [3.05, 3.63) is 41.7 Å². The number of aromatic nitrogens is 2. The fourth-order valence-electron chi connectivity index (χ4n) is 2.22. The van der Waals surface area contributed by atoms with Crippen molar-refractivity contribution in [3.8, 4) is 23.6 Å². The molecule has 0 aliphatic carbocycles. The second-order valence-electron chi connectivity index (χ2n) is 5.22. The summed E-state index contributed by atoms with van der Waals surface area (Å²) in [7, 11) is 0. The van der Waals surface area contributed by atoms with E-state index in [9.17, 15) is 0 Å². The van der Waals surface area contributed by atoms with Crippen molar-refractivity contribution >= 4 is 0 Å². The van der Waals surface area contributed by atoms with Gasteiger partial charge in [-0.2, -0.15) is 10.2 Å². The van der Waals surface area contributed by atoms with Crippen LogP contribution < -0.4 is 9.47 Å². The monoisotopic (exact) mass is 267 g/mol. The van der Waals surface area contributed by atoms with Crippen LogP contribution in [-0.4, -0.2) is 15.6 Å². The van der Waals surface area contributed by atoms with Crippen LogP contribution in [0.25, 0.3) is 0 Å². The number of para-hydroxylation sites is 1. The van der Waals surface area contributed by atoms with Gasteiger partial charge in [-0.1, -0.05) is 12.1 Å². The highest BCUT2D eigenvalue weighted by atomic mass is 16.5. The van der Waals surface area contributed by atoms with Crippen LogP contribution in [-0.2, 0) is 6.42 Å². The van der Waals surface area contributed by atoms with Gasteiger partial charge in [-0.15, -0.1) is 0 Å². The van der Waals surface area contributed by atoms with Crippen molar-refractivity contribution in [1.82, 2.24) is 9.97 Å². The number of rotatable bonds is 2. The molecule has 0 N–H and O–H groups in total. The average molecular weight is 267 g/mol. The molecule has 0 atom stereocenters. The van der Waals surface area contributed by atoms with Crippen molar-refractivity contribution in [2.24, 2.45) is 0 Å². The second kappa shape index (κ2) is 4.49. The van der Waals surface area contributed by atoms with E-state index < -0.39 is 0 Å². The van der Waals surface area contributed by atoms with Crippen LogP contribution in [0.15, 0.2) is 30.5 Å². The number of fused-ring (bicyclic) bond motifs is 1. The quantitative estimate of drug-likeness (QED) is 0.836. The summed E-state index contributed by atoms with van der Waals surface area (Å²) in [6, 6.07) is 9.37. The normalized spacial score (nSPS) is 15.1. The Kier molecular flexibility index (Phi) is 2.79. The molecule has 0 radical (unpaired) electrons. The molecule has 1 aliphatic rings. The molecule has 5 heteroatoms. The van der Waals surface area contributed by atoms with Crippen LogP contribution in [0.2, 0.25) is 0 Å². The molecule has 0 saturated heterocycles. The first kappa shape index (κ1) is 12.4. The Labute approximate surface area is 116 Å². The summed E-state index contributed by atoms with van der Waals surface area (Å²) < 4.78 is 11.6. The van der Waals surface area contributed by atoms with Crippen molar-refractivity contribution in [2.45, 2.75) is 25.9 Å². The zero-order valence-electron chi connectivity index (χ0n) is 11.3. The van der Waals surface area contributed by atoms with Gasteiger partial charge >= 0.3 is 6.01 Å². The van der Waals surface area contributed by atoms with Gasteiger partial charge < -0.3 is 9.47 Å². The molecular weight excluding hydrogens is 254 g/mol. The van der Waals surface area contributed by atoms with Crippen LogP contribution >= 0.6 is 0 Å². The van der Waals surface area contributed by atoms with Gasteiger partial charge in [-0.3, -0.25) is 0 Å². The molecule has 0 saturated carbocycles. The summed E-state index contributed by atoms with van der Waals surface area (Å²) in [4.78, 5) is 8.00. The first-order valence-electron chi connectivity index (χ1n) is 6.29. The van der Waals surface area contributed by atoms with Crippen molar-refractivity contribution < 1.29 is 9.47 Å². The topological polar surface area (TPSA) is 68.0 Å². The second-order valence-corrected chi connectivity index (χ2v) is 5.22. The van der Waals surface area contributed by atoms with Gasteiger partial charge in [0.2, 0.25) is 0 Å². The smallest absolute Gasteiger partial charge is 0.323 e. The maximum atomic E-state index is 8.83. The lowest BCUT2D eigenvalue weighted by atomic mass is 10.0. The van der Waals surface area contributed by atoms with E-state index in [1.54, 1.807) is 0 Å². The third-order valence-corrected chi connectivity index (χ3v) is 3.00. The van der Waals surface area contributed by atoms with E-state index in [0.717, 1.165) is 17.7 Å².